The van der Waals surface area contributed by atoms with Crippen LogP contribution in [0.1, 0.15) is 26.7 Å². The standard InChI is InChI=1S/C7H14I2N2/c1-4-6(5-2)7(10-8)11(3)9/h6H,4-5H2,1-3H3/b10-7-. The van der Waals surface area contributed by atoms with Crippen molar-refractivity contribution in [2.75, 3.05) is 7.05 Å². The van der Waals surface area contributed by atoms with Gasteiger partial charge in [-0.25, -0.2) is 3.21 Å². The van der Waals surface area contributed by atoms with Gasteiger partial charge in [-0.3, -0.25) is 0 Å². The average molecular weight is 380 g/mol. The molecule has 0 amide bonds. The van der Waals surface area contributed by atoms with Gasteiger partial charge in [-0.05, 0) is 12.8 Å². The second kappa shape index (κ2) is 6.45. The Morgan fingerprint density at radius 2 is 1.91 bits per heavy atom. The molecule has 66 valence electrons. The lowest BCUT2D eigenvalue weighted by Gasteiger charge is -2.19. The molecule has 0 aromatic heterocycles. The van der Waals surface area contributed by atoms with E-state index in [0.717, 1.165) is 0 Å². The maximum atomic E-state index is 4.23. The van der Waals surface area contributed by atoms with Crippen LogP contribution in [0, 0.1) is 5.92 Å². The van der Waals surface area contributed by atoms with Gasteiger partial charge in [-0.2, -0.15) is 0 Å². The Bertz CT molecular complexity index is 130. The molecule has 0 aromatic rings. The molecule has 0 bridgehead atoms. The largest absolute Gasteiger partial charge is 0.305 e. The summed E-state index contributed by atoms with van der Waals surface area (Å²) in [4.78, 5) is 0. The van der Waals surface area contributed by atoms with E-state index in [-0.39, 0.29) is 0 Å². The number of halogens is 2. The first kappa shape index (κ1) is 11.9. The van der Waals surface area contributed by atoms with E-state index in [2.05, 4.69) is 65.9 Å². The molecule has 2 nitrogen and oxygen atoms in total. The van der Waals surface area contributed by atoms with Crippen molar-refractivity contribution >= 4 is 51.6 Å². The van der Waals surface area contributed by atoms with Crippen molar-refractivity contribution < 1.29 is 0 Å². The molecule has 0 rings (SSSR count). The zero-order chi connectivity index (χ0) is 8.85. The van der Waals surface area contributed by atoms with Gasteiger partial charge in [0, 0.05) is 13.0 Å². The third-order valence-electron chi connectivity index (χ3n) is 1.75. The molecule has 0 N–H and O–H groups in total. The van der Waals surface area contributed by atoms with Crippen LogP contribution in [0.4, 0.5) is 0 Å². The van der Waals surface area contributed by atoms with Gasteiger partial charge in [0.25, 0.3) is 0 Å². The Morgan fingerprint density at radius 3 is 2.00 bits per heavy atom. The minimum absolute atomic E-state index is 0.619. The van der Waals surface area contributed by atoms with Crippen LogP contribution in [-0.2, 0) is 0 Å². The Kier molecular flexibility index (Phi) is 6.99. The van der Waals surface area contributed by atoms with Gasteiger partial charge < -0.3 is 3.11 Å². The van der Waals surface area contributed by atoms with Gasteiger partial charge in [0.2, 0.25) is 0 Å². The molecule has 0 aliphatic rings. The maximum absolute atomic E-state index is 4.23. The van der Waals surface area contributed by atoms with E-state index in [9.17, 15) is 0 Å². The van der Waals surface area contributed by atoms with Crippen LogP contribution in [0.2, 0.25) is 0 Å². The summed E-state index contributed by atoms with van der Waals surface area (Å²) in [5.41, 5.74) is 0. The maximum Gasteiger partial charge on any atom is 0.122 e. The number of nitrogens with zero attached hydrogens (tertiary/aromatic N) is 2. The zero-order valence-corrected chi connectivity index (χ0v) is 11.5. The summed E-state index contributed by atoms with van der Waals surface area (Å²) in [6.45, 7) is 4.41. The molecule has 0 saturated carbocycles. The minimum Gasteiger partial charge on any atom is -0.305 e. The molecule has 0 aromatic carbocycles. The molecule has 0 fully saturated rings. The molecule has 0 unspecified atom stereocenters. The summed E-state index contributed by atoms with van der Waals surface area (Å²) >= 11 is 4.33. The summed E-state index contributed by atoms with van der Waals surface area (Å²) < 4.78 is 6.31. The number of rotatable bonds is 3. The van der Waals surface area contributed by atoms with Gasteiger partial charge in [-0.1, -0.05) is 13.8 Å². The summed E-state index contributed by atoms with van der Waals surface area (Å²) in [7, 11) is 2.04. The van der Waals surface area contributed by atoms with Gasteiger partial charge >= 0.3 is 0 Å². The normalized spacial score (nSPS) is 12.4. The van der Waals surface area contributed by atoms with Gasteiger partial charge in [0.05, 0.1) is 45.7 Å². The monoisotopic (exact) mass is 380 g/mol. The highest BCUT2D eigenvalue weighted by molar-refractivity contribution is 14.1. The van der Waals surface area contributed by atoms with Crippen LogP contribution in [-0.4, -0.2) is 16.0 Å². The van der Waals surface area contributed by atoms with E-state index in [0.29, 0.717) is 5.92 Å². The van der Waals surface area contributed by atoms with Crippen molar-refractivity contribution in [3.05, 3.63) is 0 Å². The third kappa shape index (κ3) is 3.91. The molecule has 11 heavy (non-hydrogen) atoms. The van der Waals surface area contributed by atoms with E-state index in [1.165, 1.54) is 18.7 Å². The lowest BCUT2D eigenvalue weighted by atomic mass is 10.0. The highest BCUT2D eigenvalue weighted by Gasteiger charge is 2.13. The van der Waals surface area contributed by atoms with Gasteiger partial charge in [0.15, 0.2) is 0 Å². The van der Waals surface area contributed by atoms with E-state index in [1.54, 1.807) is 0 Å². The molecule has 0 spiro atoms. The SMILES string of the molecule is CCC(CC)/C(=N/I)N(C)I. The first-order valence-corrected chi connectivity index (χ1v) is 5.68. The van der Waals surface area contributed by atoms with Gasteiger partial charge in [0.1, 0.15) is 5.84 Å². The van der Waals surface area contributed by atoms with Crippen LogP contribution in [0.15, 0.2) is 3.21 Å². The number of hydrogen-bond acceptors (Lipinski definition) is 1. The summed E-state index contributed by atoms with van der Waals surface area (Å²) in [6.07, 6.45) is 2.34. The van der Waals surface area contributed by atoms with Crippen LogP contribution in [0.5, 0.6) is 0 Å². The fourth-order valence-electron chi connectivity index (χ4n) is 1.03. The molecule has 0 aliphatic heterocycles. The van der Waals surface area contributed by atoms with Crippen LogP contribution >= 0.6 is 45.7 Å². The van der Waals surface area contributed by atoms with Crippen molar-refractivity contribution in [2.24, 2.45) is 9.12 Å². The fourth-order valence-corrected chi connectivity index (χ4v) is 2.66. The Morgan fingerprint density at radius 1 is 1.45 bits per heavy atom. The highest BCUT2D eigenvalue weighted by atomic mass is 127. The lowest BCUT2D eigenvalue weighted by Crippen LogP contribution is -2.24. The fraction of sp³-hybridized carbons (Fsp3) is 0.857. The molecule has 0 radical (unpaired) electrons. The van der Waals surface area contributed by atoms with E-state index in [1.807, 2.05) is 7.05 Å². The summed E-state index contributed by atoms with van der Waals surface area (Å²) in [5, 5.41) is 0. The summed E-state index contributed by atoms with van der Waals surface area (Å²) in [5.74, 6) is 1.81. The molecule has 0 saturated heterocycles. The molecule has 0 heterocycles. The van der Waals surface area contributed by atoms with Crippen molar-refractivity contribution in [3.63, 3.8) is 0 Å². The topological polar surface area (TPSA) is 15.6 Å². The van der Waals surface area contributed by atoms with Crippen molar-refractivity contribution in [2.45, 2.75) is 26.7 Å². The smallest absolute Gasteiger partial charge is 0.122 e. The quantitative estimate of drug-likeness (QED) is 0.317. The van der Waals surface area contributed by atoms with Crippen LogP contribution in [0.3, 0.4) is 0 Å². The number of amidine groups is 1. The van der Waals surface area contributed by atoms with E-state index in [4.69, 9.17) is 0 Å². The highest BCUT2D eigenvalue weighted by Crippen LogP contribution is 2.16. The first-order chi connectivity index (χ1) is 5.17. The second-order valence-corrected chi connectivity index (χ2v) is 4.36. The third-order valence-corrected chi connectivity index (χ3v) is 2.74. The Balaban J connectivity index is 4.23. The zero-order valence-electron chi connectivity index (χ0n) is 7.14. The van der Waals surface area contributed by atoms with Crippen molar-refractivity contribution in [3.8, 4) is 0 Å². The Labute approximate surface area is 96.8 Å². The van der Waals surface area contributed by atoms with Crippen molar-refractivity contribution in [1.29, 1.82) is 0 Å². The molecular weight excluding hydrogens is 366 g/mol. The Hall–Kier alpha value is 0.930. The molecular formula is C7H14I2N2. The van der Waals surface area contributed by atoms with Crippen LogP contribution < -0.4 is 0 Å². The predicted molar refractivity (Wildman–Crippen MR) is 67.3 cm³/mol. The first-order valence-electron chi connectivity index (χ1n) is 3.75. The van der Waals surface area contributed by atoms with E-state index < -0.39 is 0 Å². The predicted octanol–water partition coefficient (Wildman–Crippen LogP) is 3.45. The summed E-state index contributed by atoms with van der Waals surface area (Å²) in [6, 6.07) is 0. The average Bonchev–Trinajstić information content (AvgIpc) is 1.99. The van der Waals surface area contributed by atoms with E-state index >= 15 is 0 Å². The lowest BCUT2D eigenvalue weighted by molar-refractivity contribution is 0.604. The van der Waals surface area contributed by atoms with Gasteiger partial charge in [-0.15, -0.1) is 0 Å². The second-order valence-electron chi connectivity index (χ2n) is 2.43. The molecule has 0 aliphatic carbocycles. The molecule has 0 atom stereocenters. The molecule has 4 heteroatoms. The van der Waals surface area contributed by atoms with Crippen LogP contribution in [0.25, 0.3) is 0 Å². The van der Waals surface area contributed by atoms with Crippen molar-refractivity contribution in [1.82, 2.24) is 3.11 Å². The minimum atomic E-state index is 0.619. The number of hydrogen-bond donors (Lipinski definition) is 0.